The zero-order chi connectivity index (χ0) is 21.3. The molecule has 1 saturated heterocycles. The summed E-state index contributed by atoms with van der Waals surface area (Å²) in [5.41, 5.74) is 0.249. The van der Waals surface area contributed by atoms with E-state index in [4.69, 9.17) is 0 Å². The number of amides is 1. The largest absolute Gasteiger partial charge is 0.508 e. The maximum Gasteiger partial charge on any atom is 0.223 e. The third kappa shape index (κ3) is 2.91. The van der Waals surface area contributed by atoms with E-state index in [2.05, 4.69) is 10.2 Å². The fourth-order valence-electron chi connectivity index (χ4n) is 6.22. The Bertz CT molecular complexity index is 895. The number of phenols is 1. The number of nitrogens with one attached hydrogen (secondary N) is 1. The summed E-state index contributed by atoms with van der Waals surface area (Å²) in [5, 5.41) is 25.4. The number of nitrogens with zero attached hydrogens (tertiary/aromatic N) is 1. The van der Waals surface area contributed by atoms with Crippen LogP contribution in [-0.2, 0) is 21.4 Å². The van der Waals surface area contributed by atoms with Gasteiger partial charge in [0.1, 0.15) is 5.75 Å². The van der Waals surface area contributed by atoms with E-state index in [1.807, 2.05) is 19.9 Å². The van der Waals surface area contributed by atoms with Gasteiger partial charge in [0, 0.05) is 36.8 Å². The smallest absolute Gasteiger partial charge is 0.223 e. The molecule has 2 saturated carbocycles. The summed E-state index contributed by atoms with van der Waals surface area (Å²) >= 11 is 0. The van der Waals surface area contributed by atoms with Gasteiger partial charge < -0.3 is 15.5 Å². The molecule has 0 radical (unpaired) electrons. The van der Waals surface area contributed by atoms with Crippen LogP contribution in [0, 0.1) is 11.8 Å². The van der Waals surface area contributed by atoms with E-state index >= 15 is 0 Å². The number of carbonyl (C=O) groups is 2. The van der Waals surface area contributed by atoms with Crippen molar-refractivity contribution < 1.29 is 19.8 Å². The number of fused-ring (bicyclic) bond motifs is 1. The van der Waals surface area contributed by atoms with Gasteiger partial charge >= 0.3 is 0 Å². The zero-order valence-corrected chi connectivity index (χ0v) is 17.9. The first-order valence-electron chi connectivity index (χ1n) is 11.4. The van der Waals surface area contributed by atoms with E-state index in [0.29, 0.717) is 18.8 Å². The number of benzene rings is 1. The van der Waals surface area contributed by atoms with Crippen LogP contribution in [0.15, 0.2) is 18.2 Å². The van der Waals surface area contributed by atoms with Gasteiger partial charge in [0.05, 0.1) is 11.6 Å². The van der Waals surface area contributed by atoms with Gasteiger partial charge in [0.25, 0.3) is 0 Å². The number of piperidine rings is 1. The molecule has 6 nitrogen and oxygen atoms in total. The van der Waals surface area contributed by atoms with Crippen molar-refractivity contribution in [2.45, 2.75) is 75.5 Å². The molecule has 1 amide bonds. The summed E-state index contributed by atoms with van der Waals surface area (Å²) < 4.78 is 0. The van der Waals surface area contributed by atoms with Crippen LogP contribution in [0.1, 0.15) is 57.1 Å². The average Bonchev–Trinajstić information content (AvgIpc) is 3.50. The van der Waals surface area contributed by atoms with E-state index < -0.39 is 17.1 Å². The lowest BCUT2D eigenvalue weighted by atomic mass is 9.48. The van der Waals surface area contributed by atoms with Crippen molar-refractivity contribution in [3.63, 3.8) is 0 Å². The quantitative estimate of drug-likeness (QED) is 0.703. The molecule has 30 heavy (non-hydrogen) atoms. The van der Waals surface area contributed by atoms with Crippen molar-refractivity contribution in [1.82, 2.24) is 10.2 Å². The normalized spacial score (nSPS) is 35.7. The van der Waals surface area contributed by atoms with E-state index in [1.165, 1.54) is 12.8 Å². The fraction of sp³-hybridized carbons (Fsp3) is 0.667. The molecular formula is C24H32N2O4. The van der Waals surface area contributed by atoms with Gasteiger partial charge in [-0.15, -0.1) is 0 Å². The summed E-state index contributed by atoms with van der Waals surface area (Å²) in [5.74, 6) is 0.509. The molecule has 4 unspecified atom stereocenters. The highest BCUT2D eigenvalue weighted by Gasteiger charge is 2.66. The number of likely N-dealkylation sites (tertiary alicyclic amines) is 1. The third-order valence-electron chi connectivity index (χ3n) is 8.08. The average molecular weight is 413 g/mol. The molecule has 3 fully saturated rings. The minimum absolute atomic E-state index is 0.0146. The van der Waals surface area contributed by atoms with Gasteiger partial charge in [-0.3, -0.25) is 14.5 Å². The second kappa shape index (κ2) is 6.79. The Labute approximate surface area is 177 Å². The van der Waals surface area contributed by atoms with Gasteiger partial charge in [-0.1, -0.05) is 19.9 Å². The molecule has 3 aliphatic carbocycles. The van der Waals surface area contributed by atoms with E-state index in [0.717, 1.165) is 24.2 Å². The van der Waals surface area contributed by atoms with Crippen LogP contribution in [0.5, 0.6) is 5.75 Å². The number of phenolic OH excluding ortho intramolecular Hbond substituents is 1. The molecule has 6 heteroatoms. The molecule has 4 aliphatic rings. The number of ketones is 1. The highest BCUT2D eigenvalue weighted by atomic mass is 16.3. The summed E-state index contributed by atoms with van der Waals surface area (Å²) in [7, 11) is 0. The van der Waals surface area contributed by atoms with Crippen LogP contribution in [-0.4, -0.2) is 57.6 Å². The molecule has 0 aromatic heterocycles. The van der Waals surface area contributed by atoms with Crippen molar-refractivity contribution in [3.8, 4) is 5.75 Å². The molecule has 1 aromatic rings. The summed E-state index contributed by atoms with van der Waals surface area (Å²) in [4.78, 5) is 28.0. The van der Waals surface area contributed by atoms with Crippen LogP contribution in [0.25, 0.3) is 0 Å². The van der Waals surface area contributed by atoms with Gasteiger partial charge in [0.15, 0.2) is 5.78 Å². The molecule has 1 aromatic carbocycles. The van der Waals surface area contributed by atoms with Gasteiger partial charge in [-0.05, 0) is 61.4 Å². The predicted molar refractivity (Wildman–Crippen MR) is 112 cm³/mol. The van der Waals surface area contributed by atoms with Gasteiger partial charge in [-0.2, -0.15) is 0 Å². The molecule has 4 atom stereocenters. The second-order valence-electron chi connectivity index (χ2n) is 10.3. The van der Waals surface area contributed by atoms with E-state index in [-0.39, 0.29) is 42.2 Å². The van der Waals surface area contributed by atoms with Crippen molar-refractivity contribution in [2.75, 3.05) is 13.1 Å². The Hall–Kier alpha value is -1.92. The Morgan fingerprint density at radius 3 is 2.80 bits per heavy atom. The standard InChI is InChI=1S/C24H32N2O4/c1-14(2)22(29)25-19-11-24(30)21-9-16-5-6-17(27)10-18(16)23(24,12-20(19)28)7-8-26(21)13-15-3-4-15/h5-6,10,14-15,19,21,27,30H,3-4,7-9,11-13H2,1-2H3,(H,25,29). The first-order chi connectivity index (χ1) is 14.2. The summed E-state index contributed by atoms with van der Waals surface area (Å²) in [6.45, 7) is 5.47. The van der Waals surface area contributed by atoms with E-state index in [1.54, 1.807) is 12.1 Å². The molecular weight excluding hydrogens is 380 g/mol. The van der Waals surface area contributed by atoms with E-state index in [9.17, 15) is 19.8 Å². The van der Waals surface area contributed by atoms with Crippen LogP contribution < -0.4 is 5.32 Å². The summed E-state index contributed by atoms with van der Waals surface area (Å²) in [6.07, 6.45) is 4.35. The van der Waals surface area contributed by atoms with Crippen LogP contribution in [0.3, 0.4) is 0 Å². The van der Waals surface area contributed by atoms with Crippen molar-refractivity contribution >= 4 is 11.7 Å². The minimum Gasteiger partial charge on any atom is -0.508 e. The third-order valence-corrected chi connectivity index (χ3v) is 8.08. The second-order valence-corrected chi connectivity index (χ2v) is 10.3. The maximum absolute atomic E-state index is 13.2. The number of aliphatic hydroxyl groups is 1. The Morgan fingerprint density at radius 2 is 2.10 bits per heavy atom. The molecule has 1 heterocycles. The molecule has 3 N–H and O–H groups in total. The molecule has 0 spiro atoms. The molecule has 2 bridgehead atoms. The van der Waals surface area contributed by atoms with Crippen LogP contribution in [0.4, 0.5) is 0 Å². The topological polar surface area (TPSA) is 89.9 Å². The number of rotatable bonds is 4. The first-order valence-corrected chi connectivity index (χ1v) is 11.4. The lowest BCUT2D eigenvalue weighted by Crippen LogP contribution is -2.76. The van der Waals surface area contributed by atoms with Crippen LogP contribution in [0.2, 0.25) is 0 Å². The highest BCUT2D eigenvalue weighted by Crippen LogP contribution is 2.58. The first kappa shape index (κ1) is 20.0. The van der Waals surface area contributed by atoms with Crippen molar-refractivity contribution in [3.05, 3.63) is 29.3 Å². The molecule has 5 rings (SSSR count). The maximum atomic E-state index is 13.2. The van der Waals surface area contributed by atoms with Gasteiger partial charge in [0.2, 0.25) is 5.91 Å². The Morgan fingerprint density at radius 1 is 1.33 bits per heavy atom. The highest BCUT2D eigenvalue weighted by molar-refractivity contribution is 5.92. The number of carbonyl (C=O) groups excluding carboxylic acids is 2. The molecule has 162 valence electrons. The Balaban J connectivity index is 1.57. The lowest BCUT2D eigenvalue weighted by molar-refractivity contribution is -0.178. The number of aromatic hydroxyl groups is 1. The monoisotopic (exact) mass is 412 g/mol. The Kier molecular flexibility index (Phi) is 4.53. The number of hydrogen-bond acceptors (Lipinski definition) is 5. The number of Topliss-reactive ketones (excluding diaryl/α,β-unsaturated/α-hetero) is 1. The SMILES string of the molecule is CC(C)C(=O)NC1CC2(O)C3Cc4ccc(O)cc4C2(CCN3CC2CC2)CC1=O. The van der Waals surface area contributed by atoms with Crippen molar-refractivity contribution in [1.29, 1.82) is 0 Å². The zero-order valence-electron chi connectivity index (χ0n) is 17.9. The summed E-state index contributed by atoms with van der Waals surface area (Å²) in [6, 6.07) is 4.69. The minimum atomic E-state index is -1.11. The predicted octanol–water partition coefficient (Wildman–Crippen LogP) is 1.91. The van der Waals surface area contributed by atoms with Crippen LogP contribution >= 0.6 is 0 Å². The fourth-order valence-corrected chi connectivity index (χ4v) is 6.22. The molecule has 1 aliphatic heterocycles. The van der Waals surface area contributed by atoms with Crippen molar-refractivity contribution in [2.24, 2.45) is 11.8 Å². The lowest BCUT2D eigenvalue weighted by Gasteiger charge is -2.64. The number of hydrogen-bond donors (Lipinski definition) is 3. The van der Waals surface area contributed by atoms with Gasteiger partial charge in [-0.25, -0.2) is 0 Å².